The molecule has 0 amide bonds. The van der Waals surface area contributed by atoms with Crippen molar-refractivity contribution >= 4 is 17.5 Å². The second-order valence-electron chi connectivity index (χ2n) is 11.4. The monoisotopic (exact) mass is 566 g/mol. The van der Waals surface area contributed by atoms with Gasteiger partial charge >= 0.3 is 5.69 Å². The highest BCUT2D eigenvalue weighted by atomic mass is 19.1. The number of nitrogens with zero attached hydrogens (tertiary/aromatic N) is 8. The molecule has 2 aliphatic heterocycles. The molecule has 3 unspecified atom stereocenters. The predicted octanol–water partition coefficient (Wildman–Crippen LogP) is 2.33. The van der Waals surface area contributed by atoms with E-state index >= 15 is 4.39 Å². The highest BCUT2D eigenvalue weighted by Crippen LogP contribution is 2.40. The molecule has 0 saturated carbocycles. The Morgan fingerprint density at radius 2 is 2.15 bits per heavy atom. The second kappa shape index (κ2) is 11.4. The van der Waals surface area contributed by atoms with Crippen molar-refractivity contribution in [1.82, 2.24) is 34.7 Å². The lowest BCUT2D eigenvalue weighted by Crippen LogP contribution is -2.53. The summed E-state index contributed by atoms with van der Waals surface area (Å²) in [6.07, 6.45) is 5.12. The van der Waals surface area contributed by atoms with E-state index in [-0.39, 0.29) is 40.8 Å². The first kappa shape index (κ1) is 28.4. The van der Waals surface area contributed by atoms with E-state index in [2.05, 4.69) is 55.8 Å². The third-order valence-corrected chi connectivity index (χ3v) is 7.74. The van der Waals surface area contributed by atoms with Crippen LogP contribution in [-0.4, -0.2) is 77.1 Å². The lowest BCUT2D eigenvalue weighted by Gasteiger charge is -2.47. The number of hydrogen-bond acceptors (Lipinski definition) is 11. The number of benzene rings is 1. The molecule has 0 bridgehead atoms. The Labute approximate surface area is 236 Å². The van der Waals surface area contributed by atoms with E-state index in [1.54, 1.807) is 0 Å². The van der Waals surface area contributed by atoms with Crippen LogP contribution in [0.1, 0.15) is 52.0 Å². The van der Waals surface area contributed by atoms with E-state index in [0.29, 0.717) is 24.3 Å². The van der Waals surface area contributed by atoms with Crippen LogP contribution in [0.3, 0.4) is 0 Å². The first-order valence-corrected chi connectivity index (χ1v) is 13.7. The van der Waals surface area contributed by atoms with Crippen molar-refractivity contribution in [2.24, 2.45) is 13.0 Å². The molecule has 2 saturated heterocycles. The Bertz CT molecular complexity index is 1510. The third-order valence-electron chi connectivity index (χ3n) is 7.74. The zero-order chi connectivity index (χ0) is 29.3. The normalized spacial score (nSPS) is 20.7. The number of aromatic nitrogens is 6. The minimum atomic E-state index is -0.822. The Morgan fingerprint density at radius 3 is 2.85 bits per heavy atom. The molecule has 3 atom stereocenters. The lowest BCUT2D eigenvalue weighted by atomic mass is 9.79. The molecule has 4 heterocycles. The van der Waals surface area contributed by atoms with Crippen molar-refractivity contribution in [3.8, 4) is 17.5 Å². The van der Waals surface area contributed by atoms with Crippen molar-refractivity contribution in [3.05, 3.63) is 40.2 Å². The zero-order valence-electron chi connectivity index (χ0n) is 23.6. The quantitative estimate of drug-likeness (QED) is 0.349. The third kappa shape index (κ3) is 6.01. The van der Waals surface area contributed by atoms with E-state index < -0.39 is 17.6 Å². The SMILES string of the molecule is CC(O)COc1cc(F)c(Nc2ncc(C#N)c(NCC3CC4CCCN4C(C)(C)C3)n2)cc1-n1nnn(C)c1=O. The van der Waals surface area contributed by atoms with E-state index in [9.17, 15) is 15.2 Å². The molecule has 3 N–H and O–H groups in total. The molecule has 0 spiro atoms. The van der Waals surface area contributed by atoms with Gasteiger partial charge in [0.25, 0.3) is 0 Å². The minimum Gasteiger partial charge on any atom is -0.489 e. The van der Waals surface area contributed by atoms with Gasteiger partial charge in [-0.1, -0.05) is 0 Å². The van der Waals surface area contributed by atoms with Crippen molar-refractivity contribution in [2.75, 3.05) is 30.3 Å². The number of halogens is 1. The molecular weight excluding hydrogens is 531 g/mol. The Hall–Kier alpha value is -4.09. The number of aliphatic hydroxyl groups excluding tert-OH is 1. The number of ether oxygens (including phenoxy) is 1. The van der Waals surface area contributed by atoms with Gasteiger partial charge in [-0.05, 0) is 75.4 Å². The van der Waals surface area contributed by atoms with Crippen LogP contribution >= 0.6 is 0 Å². The van der Waals surface area contributed by atoms with Gasteiger partial charge in [-0.25, -0.2) is 14.2 Å². The summed E-state index contributed by atoms with van der Waals surface area (Å²) >= 11 is 0. The standard InChI is InChI=1S/C27H35FN10O3/c1-16(39)15-41-23-9-20(28)21(10-22(23)38-26(40)36(4)34-35-38)32-25-31-14-18(12-29)24(33-25)30-13-17-8-19-6-5-7-37(19)27(2,3)11-17/h9-10,14,16-17,19,39H,5-8,11,13,15H2,1-4H3,(H2,30,31,32,33). The summed E-state index contributed by atoms with van der Waals surface area (Å²) in [4.78, 5) is 23.8. The van der Waals surface area contributed by atoms with Gasteiger partial charge in [-0.3, -0.25) is 4.90 Å². The maximum absolute atomic E-state index is 15.2. The number of piperidine rings is 1. The molecule has 41 heavy (non-hydrogen) atoms. The van der Waals surface area contributed by atoms with Gasteiger partial charge in [-0.15, -0.1) is 0 Å². The molecule has 5 rings (SSSR count). The van der Waals surface area contributed by atoms with E-state index in [1.165, 1.54) is 39.1 Å². The average Bonchev–Trinajstić information content (AvgIpc) is 3.54. The Morgan fingerprint density at radius 1 is 1.34 bits per heavy atom. The van der Waals surface area contributed by atoms with Gasteiger partial charge < -0.3 is 20.5 Å². The molecule has 2 aromatic heterocycles. The number of rotatable bonds is 9. The average molecular weight is 567 g/mol. The topological polar surface area (TPSA) is 159 Å². The van der Waals surface area contributed by atoms with E-state index in [4.69, 9.17) is 4.74 Å². The predicted molar refractivity (Wildman–Crippen MR) is 149 cm³/mol. The smallest absolute Gasteiger partial charge is 0.368 e. The number of nitriles is 1. The van der Waals surface area contributed by atoms with Crippen LogP contribution in [0.5, 0.6) is 5.75 Å². The van der Waals surface area contributed by atoms with Crippen molar-refractivity contribution in [3.63, 3.8) is 0 Å². The van der Waals surface area contributed by atoms with Crippen LogP contribution in [0.4, 0.5) is 21.8 Å². The van der Waals surface area contributed by atoms with Crippen LogP contribution < -0.4 is 21.1 Å². The molecule has 2 fully saturated rings. The lowest BCUT2D eigenvalue weighted by molar-refractivity contribution is 0.0288. The fraction of sp³-hybridized carbons (Fsp3) is 0.556. The van der Waals surface area contributed by atoms with Crippen LogP contribution in [0, 0.1) is 23.1 Å². The van der Waals surface area contributed by atoms with Crippen molar-refractivity contribution in [1.29, 1.82) is 5.26 Å². The number of anilines is 3. The van der Waals surface area contributed by atoms with Crippen LogP contribution in [-0.2, 0) is 7.05 Å². The second-order valence-corrected chi connectivity index (χ2v) is 11.4. The molecule has 2 aliphatic rings. The Kier molecular flexibility index (Phi) is 7.92. The van der Waals surface area contributed by atoms with E-state index in [0.717, 1.165) is 34.8 Å². The summed E-state index contributed by atoms with van der Waals surface area (Å²) in [7, 11) is 1.43. The number of aliphatic hydroxyl groups is 1. The van der Waals surface area contributed by atoms with Gasteiger partial charge in [0, 0.05) is 31.2 Å². The largest absolute Gasteiger partial charge is 0.489 e. The zero-order valence-corrected chi connectivity index (χ0v) is 23.6. The summed E-state index contributed by atoms with van der Waals surface area (Å²) < 4.78 is 22.8. The van der Waals surface area contributed by atoms with Gasteiger partial charge in [-0.2, -0.15) is 19.6 Å². The van der Waals surface area contributed by atoms with Crippen LogP contribution in [0.2, 0.25) is 0 Å². The number of fused-ring (bicyclic) bond motifs is 1. The fourth-order valence-electron chi connectivity index (χ4n) is 5.94. The molecule has 3 aromatic rings. The fourth-order valence-corrected chi connectivity index (χ4v) is 5.94. The molecule has 0 radical (unpaired) electrons. The molecular formula is C27H35FN10O3. The summed E-state index contributed by atoms with van der Waals surface area (Å²) in [5, 5.41) is 33.0. The molecule has 0 aliphatic carbocycles. The maximum atomic E-state index is 15.2. The van der Waals surface area contributed by atoms with Gasteiger partial charge in [0.1, 0.15) is 35.5 Å². The first-order chi connectivity index (χ1) is 19.6. The van der Waals surface area contributed by atoms with Gasteiger partial charge in [0.15, 0.2) is 5.82 Å². The molecule has 13 nitrogen and oxygen atoms in total. The van der Waals surface area contributed by atoms with E-state index in [1.807, 2.05) is 0 Å². The molecule has 1 aromatic carbocycles. The number of hydrogen-bond donors (Lipinski definition) is 3. The minimum absolute atomic E-state index is 0.00381. The van der Waals surface area contributed by atoms with Gasteiger partial charge in [0.2, 0.25) is 5.95 Å². The number of nitrogens with one attached hydrogen (secondary N) is 2. The number of tetrazole rings is 1. The first-order valence-electron chi connectivity index (χ1n) is 13.7. The van der Waals surface area contributed by atoms with Crippen molar-refractivity contribution < 1.29 is 14.2 Å². The maximum Gasteiger partial charge on any atom is 0.368 e. The summed E-state index contributed by atoms with van der Waals surface area (Å²) in [5.41, 5.74) is -0.110. The van der Waals surface area contributed by atoms with Crippen molar-refractivity contribution in [2.45, 2.75) is 64.1 Å². The molecule has 218 valence electrons. The van der Waals surface area contributed by atoms with Gasteiger partial charge in [0.05, 0.1) is 18.0 Å². The Balaban J connectivity index is 1.38. The summed E-state index contributed by atoms with van der Waals surface area (Å²) in [6.45, 7) is 7.79. The van der Waals surface area contributed by atoms with Crippen LogP contribution in [0.25, 0.3) is 5.69 Å². The summed E-state index contributed by atoms with van der Waals surface area (Å²) in [5.74, 6) is 0.127. The highest BCUT2D eigenvalue weighted by Gasteiger charge is 2.42. The summed E-state index contributed by atoms with van der Waals surface area (Å²) in [6, 6.07) is 5.11. The van der Waals surface area contributed by atoms with Crippen LogP contribution in [0.15, 0.2) is 23.1 Å². The highest BCUT2D eigenvalue weighted by molar-refractivity contribution is 5.64. The number of aryl methyl sites for hydroxylation is 1. The molecule has 14 heteroatoms.